The third-order valence-corrected chi connectivity index (χ3v) is 11.8. The maximum Gasteiger partial charge on any atom is 0.261 e. The number of anilines is 1. The number of ether oxygens (including phenoxy) is 1. The van der Waals surface area contributed by atoms with Gasteiger partial charge in [-0.1, -0.05) is 11.6 Å². The number of fused-ring (bicyclic) bond motifs is 2. The van der Waals surface area contributed by atoms with E-state index in [1.807, 2.05) is 36.4 Å². The predicted molar refractivity (Wildman–Crippen MR) is 195 cm³/mol. The normalized spacial score (nSPS) is 24.7. The molecule has 4 heterocycles. The van der Waals surface area contributed by atoms with Gasteiger partial charge in [0.2, 0.25) is 5.91 Å². The van der Waals surface area contributed by atoms with Gasteiger partial charge in [0.15, 0.2) is 0 Å². The molecule has 4 amide bonds. The largest absolute Gasteiger partial charge is 0.490 e. The van der Waals surface area contributed by atoms with Gasteiger partial charge in [0.1, 0.15) is 18.0 Å². The lowest BCUT2D eigenvalue weighted by atomic mass is 9.92. The van der Waals surface area contributed by atoms with Gasteiger partial charge in [-0.3, -0.25) is 29.0 Å². The van der Waals surface area contributed by atoms with Crippen LogP contribution in [0.25, 0.3) is 0 Å². The predicted octanol–water partition coefficient (Wildman–Crippen LogP) is 4.51. The van der Waals surface area contributed by atoms with Crippen LogP contribution in [0, 0.1) is 11.3 Å². The summed E-state index contributed by atoms with van der Waals surface area (Å²) in [6.45, 7) is 3.18. The van der Waals surface area contributed by atoms with Gasteiger partial charge in [-0.15, -0.1) is 0 Å². The van der Waals surface area contributed by atoms with Crippen molar-refractivity contribution in [3.8, 4) is 11.8 Å². The molecular formula is C40H41ClN6O6. The first-order valence-corrected chi connectivity index (χ1v) is 18.8. The van der Waals surface area contributed by atoms with E-state index in [0.717, 1.165) is 73.3 Å². The second kappa shape index (κ2) is 14.5. The van der Waals surface area contributed by atoms with Gasteiger partial charge in [-0.05, 0) is 105 Å². The summed E-state index contributed by atoms with van der Waals surface area (Å²) in [6.07, 6.45) is 4.37. The summed E-state index contributed by atoms with van der Waals surface area (Å²) in [7, 11) is 0. The van der Waals surface area contributed by atoms with E-state index in [2.05, 4.69) is 26.5 Å². The number of carbonyl (C=O) groups excluding carboxylic acids is 4. The molecule has 5 aliphatic rings. The number of halogens is 1. The zero-order valence-corrected chi connectivity index (χ0v) is 30.0. The molecular weight excluding hydrogens is 696 g/mol. The molecule has 3 aromatic rings. The second-order valence-electron chi connectivity index (χ2n) is 14.8. The maximum atomic E-state index is 13.3. The van der Waals surface area contributed by atoms with Crippen LogP contribution in [0.5, 0.6) is 5.75 Å². The summed E-state index contributed by atoms with van der Waals surface area (Å²) >= 11 is 6.15. The molecule has 0 spiro atoms. The number of imide groups is 1. The fraction of sp³-hybridized carbons (Fsp3) is 0.425. The van der Waals surface area contributed by atoms with E-state index >= 15 is 0 Å². The fourth-order valence-electron chi connectivity index (χ4n) is 8.54. The summed E-state index contributed by atoms with van der Waals surface area (Å²) in [5.41, 5.74) is 4.99. The fourth-order valence-corrected chi connectivity index (χ4v) is 8.75. The van der Waals surface area contributed by atoms with Gasteiger partial charge in [0.25, 0.3) is 17.7 Å². The van der Waals surface area contributed by atoms with Gasteiger partial charge >= 0.3 is 0 Å². The van der Waals surface area contributed by atoms with E-state index in [9.17, 15) is 24.3 Å². The first-order valence-electron chi connectivity index (χ1n) is 18.4. The van der Waals surface area contributed by atoms with Crippen LogP contribution in [0.3, 0.4) is 0 Å². The van der Waals surface area contributed by atoms with Gasteiger partial charge in [0.05, 0.1) is 33.9 Å². The van der Waals surface area contributed by atoms with Crippen LogP contribution in [-0.4, -0.2) is 82.1 Å². The summed E-state index contributed by atoms with van der Waals surface area (Å²) in [6, 6.07) is 18.4. The third kappa shape index (κ3) is 6.97. The number of piperidine rings is 2. The van der Waals surface area contributed by atoms with Crippen LogP contribution >= 0.6 is 11.6 Å². The van der Waals surface area contributed by atoms with Crippen molar-refractivity contribution in [2.45, 2.75) is 94.9 Å². The summed E-state index contributed by atoms with van der Waals surface area (Å²) in [4.78, 5) is 57.4. The average molecular weight is 737 g/mol. The molecule has 8 rings (SSSR count). The highest BCUT2D eigenvalue weighted by atomic mass is 35.5. The van der Waals surface area contributed by atoms with Crippen LogP contribution in [0.2, 0.25) is 5.02 Å². The Labute approximate surface area is 312 Å². The standard InChI is InChI=1S/C40H41ClN6O6/c41-34-19-31(8-3-24(34)20-42)53-30-9-4-27(5-10-30)43-37(49)23-1-6-28(7-2-23)45-15-13-29(14-16-45)46-21-25-17-32-33(18-26(25)22-46)40(52)47(39(32)51)35-11-12-36(48)44-38(35)50/h1-3,6-8,17-19,27,29-30,35,38,50H,4-5,9-16,21-22H2,(H,43,49)(H,44,48). The van der Waals surface area contributed by atoms with Crippen molar-refractivity contribution in [2.24, 2.45) is 0 Å². The molecule has 0 aromatic heterocycles. The number of hydrogen-bond donors (Lipinski definition) is 3. The molecule has 2 saturated heterocycles. The van der Waals surface area contributed by atoms with Crippen molar-refractivity contribution >= 4 is 40.9 Å². The molecule has 1 aliphatic carbocycles. The van der Waals surface area contributed by atoms with Crippen LogP contribution in [0.15, 0.2) is 54.6 Å². The van der Waals surface area contributed by atoms with E-state index in [4.69, 9.17) is 21.6 Å². The molecule has 13 heteroatoms. The Morgan fingerprint density at radius 1 is 0.887 bits per heavy atom. The van der Waals surface area contributed by atoms with E-state index in [0.29, 0.717) is 52.2 Å². The zero-order chi connectivity index (χ0) is 36.8. The van der Waals surface area contributed by atoms with Crippen molar-refractivity contribution in [2.75, 3.05) is 18.0 Å². The van der Waals surface area contributed by atoms with E-state index in [1.165, 1.54) is 0 Å². The first kappa shape index (κ1) is 35.1. The van der Waals surface area contributed by atoms with Gasteiger partial charge in [-0.25, -0.2) is 0 Å². The minimum atomic E-state index is -1.27. The molecule has 3 aromatic carbocycles. The monoisotopic (exact) mass is 736 g/mol. The molecule has 2 atom stereocenters. The number of aliphatic hydroxyl groups is 1. The van der Waals surface area contributed by atoms with Gasteiger partial charge in [0, 0.05) is 62.0 Å². The molecule has 0 bridgehead atoms. The Hall–Kier alpha value is -4.96. The van der Waals surface area contributed by atoms with Crippen molar-refractivity contribution in [3.63, 3.8) is 0 Å². The highest BCUT2D eigenvalue weighted by molar-refractivity contribution is 6.31. The third-order valence-electron chi connectivity index (χ3n) is 11.5. The van der Waals surface area contributed by atoms with Crippen LogP contribution in [0.1, 0.15) is 99.1 Å². The number of aliphatic hydroxyl groups excluding tert-OH is 1. The minimum Gasteiger partial charge on any atom is -0.490 e. The van der Waals surface area contributed by atoms with Crippen molar-refractivity contribution in [1.82, 2.24) is 20.4 Å². The number of carbonyl (C=O) groups is 4. The summed E-state index contributed by atoms with van der Waals surface area (Å²) < 4.78 is 6.09. The lowest BCUT2D eigenvalue weighted by molar-refractivity contribution is -0.129. The average Bonchev–Trinajstić information content (AvgIpc) is 3.69. The van der Waals surface area contributed by atoms with Gasteiger partial charge < -0.3 is 25.4 Å². The summed E-state index contributed by atoms with van der Waals surface area (Å²) in [5.74, 6) is -0.541. The quantitative estimate of drug-likeness (QED) is 0.297. The number of rotatable bonds is 7. The molecule has 2 unspecified atom stereocenters. The van der Waals surface area contributed by atoms with E-state index < -0.39 is 24.1 Å². The van der Waals surface area contributed by atoms with E-state index in [-0.39, 0.29) is 36.8 Å². The van der Waals surface area contributed by atoms with Crippen LogP contribution < -0.4 is 20.3 Å². The summed E-state index contributed by atoms with van der Waals surface area (Å²) in [5, 5.41) is 25.5. The van der Waals surface area contributed by atoms with Crippen molar-refractivity contribution in [1.29, 1.82) is 5.26 Å². The molecule has 3 fully saturated rings. The molecule has 53 heavy (non-hydrogen) atoms. The zero-order valence-electron chi connectivity index (χ0n) is 29.2. The maximum absolute atomic E-state index is 13.3. The molecule has 12 nitrogen and oxygen atoms in total. The molecule has 3 N–H and O–H groups in total. The smallest absolute Gasteiger partial charge is 0.261 e. The number of benzene rings is 3. The lowest BCUT2D eigenvalue weighted by Crippen LogP contribution is -2.57. The Bertz CT molecular complexity index is 1950. The van der Waals surface area contributed by atoms with Crippen LogP contribution in [-0.2, 0) is 17.9 Å². The number of amides is 4. The number of nitriles is 1. The Morgan fingerprint density at radius 3 is 2.15 bits per heavy atom. The SMILES string of the molecule is N#Cc1ccc(OC2CCC(NC(=O)c3ccc(N4CCC(N5Cc6cc7c(cc6C5)C(=O)N(C5CCC(=O)NC5O)C7=O)CC4)cc3)CC2)cc1Cl. The number of nitrogens with zero attached hydrogens (tertiary/aromatic N) is 4. The molecule has 1 saturated carbocycles. The number of hydrogen-bond acceptors (Lipinski definition) is 9. The topological polar surface area (TPSA) is 155 Å². The van der Waals surface area contributed by atoms with E-state index in [1.54, 1.807) is 18.2 Å². The lowest BCUT2D eigenvalue weighted by Gasteiger charge is -2.37. The Morgan fingerprint density at radius 2 is 1.55 bits per heavy atom. The van der Waals surface area contributed by atoms with Crippen LogP contribution in [0.4, 0.5) is 5.69 Å². The van der Waals surface area contributed by atoms with Crippen molar-refractivity contribution in [3.05, 3.63) is 93.0 Å². The van der Waals surface area contributed by atoms with Gasteiger partial charge in [-0.2, -0.15) is 5.26 Å². The Balaban J connectivity index is 0.801. The first-order chi connectivity index (χ1) is 25.6. The minimum absolute atomic E-state index is 0.0379. The van der Waals surface area contributed by atoms with Crippen molar-refractivity contribution < 1.29 is 29.0 Å². The molecule has 4 aliphatic heterocycles. The number of nitrogens with one attached hydrogen (secondary N) is 2. The molecule has 0 radical (unpaired) electrons. The second-order valence-corrected chi connectivity index (χ2v) is 15.2. The highest BCUT2D eigenvalue weighted by Gasteiger charge is 2.45. The Kier molecular flexibility index (Phi) is 9.57. The highest BCUT2D eigenvalue weighted by Crippen LogP contribution is 2.36. The molecule has 274 valence electrons.